The highest BCUT2D eigenvalue weighted by atomic mass is 15.1. The average Bonchev–Trinajstić information content (AvgIpc) is 2.43. The highest BCUT2D eigenvalue weighted by molar-refractivity contribution is 5.14. The maximum absolute atomic E-state index is 3.70. The zero-order valence-corrected chi connectivity index (χ0v) is 13.0. The molecule has 0 fully saturated rings. The highest BCUT2D eigenvalue weighted by Crippen LogP contribution is 2.11. The first-order chi connectivity index (χ1) is 9.17. The minimum atomic E-state index is 0.596. The fraction of sp³-hybridized carbons (Fsp3) is 0.647. The molecule has 108 valence electrons. The standard InChI is InChI=1S/C17H30N2/c1-5-12-18-17(15(3)6-2)14-19(4)13-16-10-8-7-9-11-16/h7-11,15,17-18H,5-6,12-14H2,1-4H3. The Morgan fingerprint density at radius 2 is 1.84 bits per heavy atom. The molecule has 2 atom stereocenters. The molecule has 0 aromatic heterocycles. The molecule has 1 aromatic rings. The van der Waals surface area contributed by atoms with Gasteiger partial charge < -0.3 is 10.2 Å². The van der Waals surface area contributed by atoms with Gasteiger partial charge in [-0.3, -0.25) is 0 Å². The first-order valence-corrected chi connectivity index (χ1v) is 7.63. The van der Waals surface area contributed by atoms with E-state index in [9.17, 15) is 0 Å². The number of likely N-dealkylation sites (N-methyl/N-ethyl adjacent to an activating group) is 1. The Hall–Kier alpha value is -0.860. The predicted molar refractivity (Wildman–Crippen MR) is 84.3 cm³/mol. The quantitative estimate of drug-likeness (QED) is 0.732. The largest absolute Gasteiger partial charge is 0.312 e. The summed E-state index contributed by atoms with van der Waals surface area (Å²) in [7, 11) is 2.22. The van der Waals surface area contributed by atoms with Crippen LogP contribution in [-0.4, -0.2) is 31.1 Å². The first kappa shape index (κ1) is 16.2. The third kappa shape index (κ3) is 6.22. The summed E-state index contributed by atoms with van der Waals surface area (Å²) < 4.78 is 0. The fourth-order valence-corrected chi connectivity index (χ4v) is 2.36. The van der Waals surface area contributed by atoms with E-state index >= 15 is 0 Å². The topological polar surface area (TPSA) is 15.3 Å². The van der Waals surface area contributed by atoms with E-state index in [0.29, 0.717) is 6.04 Å². The molecular formula is C17H30N2. The summed E-state index contributed by atoms with van der Waals surface area (Å²) in [4.78, 5) is 2.43. The number of nitrogens with one attached hydrogen (secondary N) is 1. The summed E-state index contributed by atoms with van der Waals surface area (Å²) in [5.41, 5.74) is 1.39. The van der Waals surface area contributed by atoms with Crippen LogP contribution in [0.25, 0.3) is 0 Å². The van der Waals surface area contributed by atoms with Crippen molar-refractivity contribution in [1.82, 2.24) is 10.2 Å². The van der Waals surface area contributed by atoms with Gasteiger partial charge in [0.25, 0.3) is 0 Å². The second kappa shape index (κ2) is 9.11. The third-order valence-corrected chi connectivity index (χ3v) is 3.79. The normalized spacial score (nSPS) is 14.6. The van der Waals surface area contributed by atoms with Crippen LogP contribution < -0.4 is 5.32 Å². The van der Waals surface area contributed by atoms with Crippen LogP contribution in [0.4, 0.5) is 0 Å². The smallest absolute Gasteiger partial charge is 0.0231 e. The average molecular weight is 262 g/mol. The van der Waals surface area contributed by atoms with E-state index in [1.165, 1.54) is 18.4 Å². The minimum absolute atomic E-state index is 0.596. The van der Waals surface area contributed by atoms with E-state index < -0.39 is 0 Å². The summed E-state index contributed by atoms with van der Waals surface area (Å²) in [5, 5.41) is 3.70. The van der Waals surface area contributed by atoms with Gasteiger partial charge in [-0.15, -0.1) is 0 Å². The zero-order valence-electron chi connectivity index (χ0n) is 13.0. The number of nitrogens with zero attached hydrogens (tertiary/aromatic N) is 1. The van der Waals surface area contributed by atoms with E-state index in [0.717, 1.165) is 25.6 Å². The second-order valence-electron chi connectivity index (χ2n) is 5.63. The summed E-state index contributed by atoms with van der Waals surface area (Å²) in [6, 6.07) is 11.3. The lowest BCUT2D eigenvalue weighted by atomic mass is 9.98. The van der Waals surface area contributed by atoms with Crippen molar-refractivity contribution >= 4 is 0 Å². The number of hydrogen-bond donors (Lipinski definition) is 1. The number of benzene rings is 1. The van der Waals surface area contributed by atoms with Gasteiger partial charge in [0, 0.05) is 19.1 Å². The van der Waals surface area contributed by atoms with E-state index in [4.69, 9.17) is 0 Å². The maximum Gasteiger partial charge on any atom is 0.0231 e. The van der Waals surface area contributed by atoms with Gasteiger partial charge >= 0.3 is 0 Å². The molecule has 0 aliphatic carbocycles. The van der Waals surface area contributed by atoms with Crippen LogP contribution in [0.15, 0.2) is 30.3 Å². The fourth-order valence-electron chi connectivity index (χ4n) is 2.36. The Morgan fingerprint density at radius 1 is 1.16 bits per heavy atom. The van der Waals surface area contributed by atoms with Gasteiger partial charge in [0.2, 0.25) is 0 Å². The van der Waals surface area contributed by atoms with Crippen molar-refractivity contribution in [2.75, 3.05) is 20.1 Å². The second-order valence-corrected chi connectivity index (χ2v) is 5.63. The summed E-state index contributed by atoms with van der Waals surface area (Å²) >= 11 is 0. The predicted octanol–water partition coefficient (Wildman–Crippen LogP) is 3.53. The van der Waals surface area contributed by atoms with Gasteiger partial charge in [0.1, 0.15) is 0 Å². The van der Waals surface area contributed by atoms with Crippen molar-refractivity contribution in [3.05, 3.63) is 35.9 Å². The van der Waals surface area contributed by atoms with Crippen molar-refractivity contribution in [3.8, 4) is 0 Å². The van der Waals surface area contributed by atoms with Gasteiger partial charge in [-0.1, -0.05) is 57.5 Å². The molecule has 19 heavy (non-hydrogen) atoms. The number of rotatable bonds is 9. The molecule has 2 unspecified atom stereocenters. The molecule has 0 aliphatic rings. The molecule has 0 amide bonds. The Morgan fingerprint density at radius 3 is 2.42 bits per heavy atom. The van der Waals surface area contributed by atoms with Crippen LogP contribution in [0.5, 0.6) is 0 Å². The molecule has 0 saturated carbocycles. The van der Waals surface area contributed by atoms with E-state index in [2.05, 4.69) is 68.4 Å². The molecule has 0 spiro atoms. The van der Waals surface area contributed by atoms with Gasteiger partial charge in [0.05, 0.1) is 0 Å². The highest BCUT2D eigenvalue weighted by Gasteiger charge is 2.16. The molecular weight excluding hydrogens is 232 g/mol. The zero-order chi connectivity index (χ0) is 14.1. The maximum atomic E-state index is 3.70. The summed E-state index contributed by atoms with van der Waals surface area (Å²) in [5.74, 6) is 0.727. The monoisotopic (exact) mass is 262 g/mol. The van der Waals surface area contributed by atoms with Crippen LogP contribution in [0.3, 0.4) is 0 Å². The lowest BCUT2D eigenvalue weighted by Gasteiger charge is -2.29. The van der Waals surface area contributed by atoms with Crippen LogP contribution in [0.1, 0.15) is 39.2 Å². The molecule has 0 radical (unpaired) electrons. The van der Waals surface area contributed by atoms with Crippen molar-refractivity contribution in [2.24, 2.45) is 5.92 Å². The number of hydrogen-bond acceptors (Lipinski definition) is 2. The van der Waals surface area contributed by atoms with Crippen molar-refractivity contribution in [1.29, 1.82) is 0 Å². The van der Waals surface area contributed by atoms with Crippen molar-refractivity contribution in [3.63, 3.8) is 0 Å². The molecule has 1 N–H and O–H groups in total. The van der Waals surface area contributed by atoms with Gasteiger partial charge in [-0.05, 0) is 31.5 Å². The van der Waals surface area contributed by atoms with Crippen molar-refractivity contribution in [2.45, 2.75) is 46.2 Å². The van der Waals surface area contributed by atoms with Crippen LogP contribution in [0, 0.1) is 5.92 Å². The van der Waals surface area contributed by atoms with Crippen LogP contribution in [-0.2, 0) is 6.54 Å². The molecule has 0 heterocycles. The molecule has 0 bridgehead atoms. The molecule has 1 rings (SSSR count). The first-order valence-electron chi connectivity index (χ1n) is 7.63. The Bertz CT molecular complexity index is 323. The molecule has 0 saturated heterocycles. The van der Waals surface area contributed by atoms with Gasteiger partial charge in [-0.25, -0.2) is 0 Å². The minimum Gasteiger partial charge on any atom is -0.312 e. The van der Waals surface area contributed by atoms with E-state index in [1.807, 2.05) is 0 Å². The lowest BCUT2D eigenvalue weighted by molar-refractivity contribution is 0.238. The van der Waals surface area contributed by atoms with Crippen LogP contribution >= 0.6 is 0 Å². The van der Waals surface area contributed by atoms with E-state index in [-0.39, 0.29) is 0 Å². The molecule has 2 heteroatoms. The lowest BCUT2D eigenvalue weighted by Crippen LogP contribution is -2.43. The van der Waals surface area contributed by atoms with Crippen LogP contribution in [0.2, 0.25) is 0 Å². The van der Waals surface area contributed by atoms with Gasteiger partial charge in [0.15, 0.2) is 0 Å². The summed E-state index contributed by atoms with van der Waals surface area (Å²) in [6.45, 7) is 10.1. The summed E-state index contributed by atoms with van der Waals surface area (Å²) in [6.07, 6.45) is 2.44. The molecule has 1 aromatic carbocycles. The van der Waals surface area contributed by atoms with Gasteiger partial charge in [-0.2, -0.15) is 0 Å². The SMILES string of the molecule is CCCNC(CN(C)Cc1ccccc1)C(C)CC. The Kier molecular flexibility index (Phi) is 7.76. The van der Waals surface area contributed by atoms with Crippen molar-refractivity contribution < 1.29 is 0 Å². The molecule has 0 aliphatic heterocycles. The third-order valence-electron chi connectivity index (χ3n) is 3.79. The Balaban J connectivity index is 2.48. The Labute approximate surface area is 119 Å². The molecule has 2 nitrogen and oxygen atoms in total. The van der Waals surface area contributed by atoms with E-state index in [1.54, 1.807) is 0 Å².